The number of benzene rings is 1. The lowest BCUT2D eigenvalue weighted by molar-refractivity contribution is -0.120. The fourth-order valence-corrected chi connectivity index (χ4v) is 3.86. The zero-order valence-electron chi connectivity index (χ0n) is 15.7. The van der Waals surface area contributed by atoms with Crippen LogP contribution in [0.4, 0.5) is 5.69 Å². The fourth-order valence-electron chi connectivity index (χ4n) is 2.52. The molecule has 0 atom stereocenters. The van der Waals surface area contributed by atoms with Crippen LogP contribution in [-0.2, 0) is 22.6 Å². The second kappa shape index (κ2) is 10.0. The predicted octanol–water partition coefficient (Wildman–Crippen LogP) is 2.73. The number of rotatable bonds is 8. The minimum Gasteiger partial charge on any atom is -0.351 e. The molecular weight excluding hydrogens is 408 g/mol. The van der Waals surface area contributed by atoms with Gasteiger partial charge in [-0.1, -0.05) is 30.0 Å². The van der Waals surface area contributed by atoms with E-state index in [1.165, 1.54) is 6.07 Å². The molecule has 0 radical (unpaired) electrons. The molecule has 7 nitrogen and oxygen atoms in total. The molecule has 0 aliphatic heterocycles. The van der Waals surface area contributed by atoms with Gasteiger partial charge in [0, 0.05) is 16.6 Å². The van der Waals surface area contributed by atoms with E-state index in [1.54, 1.807) is 11.3 Å². The number of H-pyrrole nitrogens is 1. The Morgan fingerprint density at radius 2 is 2.03 bits per heavy atom. The monoisotopic (exact) mass is 428 g/mol. The third-order valence-electron chi connectivity index (χ3n) is 3.80. The van der Waals surface area contributed by atoms with Gasteiger partial charge < -0.3 is 15.6 Å². The summed E-state index contributed by atoms with van der Waals surface area (Å²) in [4.78, 5) is 44.0. The van der Waals surface area contributed by atoms with Gasteiger partial charge in [0.05, 0.1) is 24.4 Å². The van der Waals surface area contributed by atoms with Gasteiger partial charge in [0.15, 0.2) is 5.16 Å². The zero-order valence-corrected chi connectivity index (χ0v) is 17.4. The first-order valence-electron chi connectivity index (χ1n) is 8.86. The van der Waals surface area contributed by atoms with Gasteiger partial charge in [0.25, 0.3) is 5.56 Å². The molecule has 3 aromatic rings. The van der Waals surface area contributed by atoms with Crippen LogP contribution in [0.1, 0.15) is 16.1 Å². The molecule has 2 heterocycles. The largest absolute Gasteiger partial charge is 0.351 e. The molecule has 2 amide bonds. The standard InChI is InChI=1S/C20H20N4O3S2/c1-13-4-2-5-14(8-13)22-19(27)12-29-20-23-15(10-18(26)24-20)9-17(25)21-11-16-6-3-7-28-16/h2-8,10H,9,11-12H2,1H3,(H,21,25)(H,22,27)(H,23,24,26). The van der Waals surface area contributed by atoms with Crippen LogP contribution in [0.3, 0.4) is 0 Å². The molecule has 0 aliphatic rings. The maximum atomic E-state index is 12.1. The lowest BCUT2D eigenvalue weighted by Crippen LogP contribution is -2.25. The molecule has 0 saturated carbocycles. The highest BCUT2D eigenvalue weighted by Crippen LogP contribution is 2.14. The Morgan fingerprint density at radius 3 is 2.79 bits per heavy atom. The van der Waals surface area contributed by atoms with E-state index in [0.29, 0.717) is 23.1 Å². The highest BCUT2D eigenvalue weighted by atomic mass is 32.2. The molecular formula is C20H20N4O3S2. The summed E-state index contributed by atoms with van der Waals surface area (Å²) in [5.74, 6) is -0.336. The molecule has 0 saturated heterocycles. The lowest BCUT2D eigenvalue weighted by atomic mass is 10.2. The van der Waals surface area contributed by atoms with Crippen molar-refractivity contribution in [2.75, 3.05) is 11.1 Å². The molecule has 3 rings (SSSR count). The summed E-state index contributed by atoms with van der Waals surface area (Å²) in [5, 5.41) is 7.85. The quantitative estimate of drug-likeness (QED) is 0.378. The Bertz CT molecular complexity index is 1050. The van der Waals surface area contributed by atoms with Gasteiger partial charge in [0.2, 0.25) is 11.8 Å². The molecule has 0 spiro atoms. The minimum atomic E-state index is -0.359. The molecule has 1 aromatic carbocycles. The van der Waals surface area contributed by atoms with Gasteiger partial charge >= 0.3 is 0 Å². The first-order chi connectivity index (χ1) is 14.0. The minimum absolute atomic E-state index is 0.00164. The van der Waals surface area contributed by atoms with Crippen molar-refractivity contribution < 1.29 is 9.59 Å². The van der Waals surface area contributed by atoms with E-state index < -0.39 is 0 Å². The molecule has 2 aromatic heterocycles. The van der Waals surface area contributed by atoms with E-state index in [0.717, 1.165) is 22.2 Å². The van der Waals surface area contributed by atoms with Crippen LogP contribution in [-0.4, -0.2) is 27.5 Å². The van der Waals surface area contributed by atoms with E-state index in [1.807, 2.05) is 48.7 Å². The van der Waals surface area contributed by atoms with Crippen LogP contribution < -0.4 is 16.2 Å². The first kappa shape index (κ1) is 20.8. The Kier molecular flexibility index (Phi) is 7.20. The van der Waals surface area contributed by atoms with Gasteiger partial charge in [-0.15, -0.1) is 11.3 Å². The van der Waals surface area contributed by atoms with Crippen molar-refractivity contribution in [1.29, 1.82) is 0 Å². The number of aryl methyl sites for hydroxylation is 1. The highest BCUT2D eigenvalue weighted by molar-refractivity contribution is 7.99. The van der Waals surface area contributed by atoms with Gasteiger partial charge in [-0.3, -0.25) is 14.4 Å². The van der Waals surface area contributed by atoms with E-state index >= 15 is 0 Å². The normalized spacial score (nSPS) is 10.5. The second-order valence-corrected chi connectivity index (χ2v) is 8.28. The van der Waals surface area contributed by atoms with Crippen molar-refractivity contribution in [2.45, 2.75) is 25.0 Å². The molecule has 29 heavy (non-hydrogen) atoms. The summed E-state index contributed by atoms with van der Waals surface area (Å²) in [6, 6.07) is 12.6. The number of hydrogen-bond donors (Lipinski definition) is 3. The van der Waals surface area contributed by atoms with E-state index in [2.05, 4.69) is 20.6 Å². The lowest BCUT2D eigenvalue weighted by Gasteiger charge is -2.07. The molecule has 0 fully saturated rings. The SMILES string of the molecule is Cc1cccc(NC(=O)CSc2nc(CC(=O)NCc3cccs3)cc(=O)[nH]2)c1. The maximum Gasteiger partial charge on any atom is 0.251 e. The van der Waals surface area contributed by atoms with Crippen LogP contribution >= 0.6 is 23.1 Å². The Morgan fingerprint density at radius 1 is 1.17 bits per heavy atom. The number of anilines is 1. The van der Waals surface area contributed by atoms with Crippen molar-refractivity contribution in [3.8, 4) is 0 Å². The van der Waals surface area contributed by atoms with Crippen LogP contribution in [0.2, 0.25) is 0 Å². The summed E-state index contributed by atoms with van der Waals surface area (Å²) >= 11 is 2.67. The number of thioether (sulfide) groups is 1. The van der Waals surface area contributed by atoms with Crippen molar-refractivity contribution in [3.05, 3.63) is 74.3 Å². The van der Waals surface area contributed by atoms with Crippen LogP contribution in [0, 0.1) is 6.92 Å². The van der Waals surface area contributed by atoms with Crippen LogP contribution in [0.25, 0.3) is 0 Å². The van der Waals surface area contributed by atoms with Gasteiger partial charge in [-0.25, -0.2) is 4.98 Å². The van der Waals surface area contributed by atoms with Gasteiger partial charge in [0.1, 0.15) is 0 Å². The van der Waals surface area contributed by atoms with E-state index in [-0.39, 0.29) is 29.5 Å². The topological polar surface area (TPSA) is 104 Å². The van der Waals surface area contributed by atoms with Crippen LogP contribution in [0.15, 0.2) is 57.8 Å². The zero-order chi connectivity index (χ0) is 20.6. The fraction of sp³-hybridized carbons (Fsp3) is 0.200. The van der Waals surface area contributed by atoms with E-state index in [9.17, 15) is 14.4 Å². The third kappa shape index (κ3) is 6.88. The molecule has 3 N–H and O–H groups in total. The number of nitrogens with one attached hydrogen (secondary N) is 3. The second-order valence-electron chi connectivity index (χ2n) is 6.28. The van der Waals surface area contributed by atoms with Crippen molar-refractivity contribution >= 4 is 40.6 Å². The Balaban J connectivity index is 1.53. The van der Waals surface area contributed by atoms with E-state index in [4.69, 9.17) is 0 Å². The van der Waals surface area contributed by atoms with Gasteiger partial charge in [-0.2, -0.15) is 0 Å². The highest BCUT2D eigenvalue weighted by Gasteiger charge is 2.10. The summed E-state index contributed by atoms with van der Waals surface area (Å²) in [5.41, 5.74) is 1.77. The average Bonchev–Trinajstić information content (AvgIpc) is 3.18. The number of amides is 2. The van der Waals surface area contributed by atoms with Gasteiger partial charge in [-0.05, 0) is 36.1 Å². The van der Waals surface area contributed by atoms with Crippen molar-refractivity contribution in [3.63, 3.8) is 0 Å². The Hall–Kier alpha value is -2.91. The number of aromatic amines is 1. The molecule has 0 aliphatic carbocycles. The smallest absolute Gasteiger partial charge is 0.251 e. The number of hydrogen-bond acceptors (Lipinski definition) is 6. The molecule has 150 valence electrons. The maximum absolute atomic E-state index is 12.1. The first-order valence-corrected chi connectivity index (χ1v) is 10.7. The summed E-state index contributed by atoms with van der Waals surface area (Å²) in [7, 11) is 0. The molecule has 0 unspecified atom stereocenters. The van der Waals surface area contributed by atoms with Crippen LogP contribution in [0.5, 0.6) is 0 Å². The van der Waals surface area contributed by atoms with Crippen molar-refractivity contribution in [1.82, 2.24) is 15.3 Å². The molecule has 0 bridgehead atoms. The number of aromatic nitrogens is 2. The Labute approximate surface area is 176 Å². The number of thiophene rings is 1. The van der Waals surface area contributed by atoms with Crippen molar-refractivity contribution in [2.24, 2.45) is 0 Å². The summed E-state index contributed by atoms with van der Waals surface area (Å²) in [6.45, 7) is 2.39. The predicted molar refractivity (Wildman–Crippen MR) is 115 cm³/mol. The number of carbonyl (C=O) groups is 2. The number of carbonyl (C=O) groups excluding carboxylic acids is 2. The molecule has 9 heteroatoms. The third-order valence-corrected chi connectivity index (χ3v) is 5.55. The summed E-state index contributed by atoms with van der Waals surface area (Å²) < 4.78 is 0. The number of nitrogens with zero attached hydrogens (tertiary/aromatic N) is 1. The summed E-state index contributed by atoms with van der Waals surface area (Å²) in [6.07, 6.45) is -0.00164. The average molecular weight is 429 g/mol.